The zero-order chi connectivity index (χ0) is 13.6. The number of benzene rings is 1. The molecule has 0 saturated carbocycles. The highest BCUT2D eigenvalue weighted by molar-refractivity contribution is 7.10. The molecular formula is C18H23NS. The Bertz CT molecular complexity index is 495. The molecule has 2 aromatic rings. The van der Waals surface area contributed by atoms with Crippen LogP contribution in [-0.4, -0.2) is 12.6 Å². The van der Waals surface area contributed by atoms with Crippen LogP contribution in [0.25, 0.3) is 0 Å². The van der Waals surface area contributed by atoms with E-state index in [1.54, 1.807) is 10.4 Å². The second-order valence-corrected chi connectivity index (χ2v) is 6.69. The minimum atomic E-state index is 0.713. The van der Waals surface area contributed by atoms with Gasteiger partial charge in [-0.3, -0.25) is 0 Å². The molecule has 0 amide bonds. The Kier molecular flexibility index (Phi) is 4.88. The molecule has 0 spiro atoms. The molecule has 1 aromatic heterocycles. The van der Waals surface area contributed by atoms with Gasteiger partial charge >= 0.3 is 0 Å². The van der Waals surface area contributed by atoms with Gasteiger partial charge in [-0.15, -0.1) is 11.3 Å². The molecule has 1 unspecified atom stereocenters. The second kappa shape index (κ2) is 7.05. The lowest BCUT2D eigenvalue weighted by molar-refractivity contribution is 0.459. The lowest BCUT2D eigenvalue weighted by atomic mass is 10.1. The van der Waals surface area contributed by atoms with E-state index in [-0.39, 0.29) is 0 Å². The largest absolute Gasteiger partial charge is 0.314 e. The average molecular weight is 285 g/mol. The van der Waals surface area contributed by atoms with Gasteiger partial charge in [-0.2, -0.15) is 0 Å². The van der Waals surface area contributed by atoms with Crippen molar-refractivity contribution in [2.45, 2.75) is 44.6 Å². The maximum absolute atomic E-state index is 3.76. The van der Waals surface area contributed by atoms with E-state index in [1.165, 1.54) is 44.1 Å². The van der Waals surface area contributed by atoms with E-state index in [9.17, 15) is 0 Å². The molecule has 1 aromatic carbocycles. The molecule has 1 aliphatic rings. The second-order valence-electron chi connectivity index (χ2n) is 5.69. The van der Waals surface area contributed by atoms with Crippen molar-refractivity contribution in [3.05, 3.63) is 57.8 Å². The molecule has 106 valence electrons. The molecule has 1 heterocycles. The summed E-state index contributed by atoms with van der Waals surface area (Å²) >= 11 is 1.94. The predicted molar refractivity (Wildman–Crippen MR) is 87.5 cm³/mol. The van der Waals surface area contributed by atoms with Crippen LogP contribution in [0.15, 0.2) is 41.8 Å². The number of thiophene rings is 1. The van der Waals surface area contributed by atoms with Crippen LogP contribution in [0, 0.1) is 0 Å². The van der Waals surface area contributed by atoms with Gasteiger partial charge in [-0.05, 0) is 67.6 Å². The normalized spacial score (nSPS) is 18.5. The third-order valence-electron chi connectivity index (χ3n) is 4.24. The maximum Gasteiger partial charge on any atom is 0.00778 e. The van der Waals surface area contributed by atoms with Gasteiger partial charge in [0, 0.05) is 10.9 Å². The van der Waals surface area contributed by atoms with Crippen LogP contribution in [0.2, 0.25) is 0 Å². The number of rotatable bonds is 5. The van der Waals surface area contributed by atoms with Crippen molar-refractivity contribution in [2.24, 2.45) is 0 Å². The van der Waals surface area contributed by atoms with E-state index >= 15 is 0 Å². The monoisotopic (exact) mass is 285 g/mol. The summed E-state index contributed by atoms with van der Waals surface area (Å²) in [6.07, 6.45) is 7.56. The summed E-state index contributed by atoms with van der Waals surface area (Å²) in [6, 6.07) is 13.8. The van der Waals surface area contributed by atoms with Crippen molar-refractivity contribution in [2.75, 3.05) is 6.54 Å². The average Bonchev–Trinajstić information content (AvgIpc) is 2.86. The highest BCUT2D eigenvalue weighted by Gasteiger charge is 2.16. The van der Waals surface area contributed by atoms with E-state index in [0.29, 0.717) is 6.04 Å². The van der Waals surface area contributed by atoms with Gasteiger partial charge in [0.2, 0.25) is 0 Å². The first-order valence-corrected chi connectivity index (χ1v) is 8.62. The number of fused-ring (bicyclic) bond motifs is 1. The molecule has 20 heavy (non-hydrogen) atoms. The quantitative estimate of drug-likeness (QED) is 0.641. The Morgan fingerprint density at radius 2 is 1.90 bits per heavy atom. The van der Waals surface area contributed by atoms with Gasteiger partial charge in [0.05, 0.1) is 0 Å². The van der Waals surface area contributed by atoms with E-state index in [1.807, 2.05) is 11.3 Å². The van der Waals surface area contributed by atoms with Gasteiger partial charge in [-0.25, -0.2) is 0 Å². The van der Waals surface area contributed by atoms with E-state index in [2.05, 4.69) is 47.1 Å². The molecule has 0 saturated heterocycles. The highest BCUT2D eigenvalue weighted by atomic mass is 32.1. The van der Waals surface area contributed by atoms with Gasteiger partial charge in [0.1, 0.15) is 0 Å². The number of aryl methyl sites for hydroxylation is 3. The zero-order valence-corrected chi connectivity index (χ0v) is 12.8. The van der Waals surface area contributed by atoms with Crippen molar-refractivity contribution in [1.29, 1.82) is 0 Å². The summed E-state index contributed by atoms with van der Waals surface area (Å²) in [5.41, 5.74) is 3.06. The fourth-order valence-electron chi connectivity index (χ4n) is 3.04. The van der Waals surface area contributed by atoms with Crippen LogP contribution in [0.5, 0.6) is 0 Å². The fourth-order valence-corrected chi connectivity index (χ4v) is 3.99. The fraction of sp³-hybridized carbons (Fsp3) is 0.444. The zero-order valence-electron chi connectivity index (χ0n) is 12.0. The first-order valence-electron chi connectivity index (χ1n) is 7.74. The van der Waals surface area contributed by atoms with Gasteiger partial charge in [-0.1, -0.05) is 30.3 Å². The summed E-state index contributed by atoms with van der Waals surface area (Å²) in [7, 11) is 0. The van der Waals surface area contributed by atoms with Crippen molar-refractivity contribution in [3.8, 4) is 0 Å². The minimum absolute atomic E-state index is 0.713. The van der Waals surface area contributed by atoms with E-state index in [0.717, 1.165) is 6.54 Å². The molecule has 1 atom stereocenters. The van der Waals surface area contributed by atoms with Crippen LogP contribution >= 0.6 is 11.3 Å². The molecule has 0 fully saturated rings. The molecular weight excluding hydrogens is 262 g/mol. The number of hydrogen-bond acceptors (Lipinski definition) is 2. The van der Waals surface area contributed by atoms with Gasteiger partial charge in [0.25, 0.3) is 0 Å². The first-order chi connectivity index (χ1) is 9.92. The molecule has 2 heteroatoms. The number of nitrogens with one attached hydrogen (secondary N) is 1. The smallest absolute Gasteiger partial charge is 0.00778 e. The summed E-state index contributed by atoms with van der Waals surface area (Å²) < 4.78 is 0. The maximum atomic E-state index is 3.76. The predicted octanol–water partition coefficient (Wildman–Crippen LogP) is 4.22. The third-order valence-corrected chi connectivity index (χ3v) is 5.26. The summed E-state index contributed by atoms with van der Waals surface area (Å²) in [4.78, 5) is 1.62. The Labute approximate surface area is 126 Å². The van der Waals surface area contributed by atoms with Crippen molar-refractivity contribution >= 4 is 11.3 Å². The topological polar surface area (TPSA) is 12.0 Å². The highest BCUT2D eigenvalue weighted by Crippen LogP contribution is 2.25. The van der Waals surface area contributed by atoms with Crippen LogP contribution < -0.4 is 5.32 Å². The molecule has 1 nitrogen and oxygen atoms in total. The van der Waals surface area contributed by atoms with Crippen LogP contribution in [0.4, 0.5) is 0 Å². The van der Waals surface area contributed by atoms with Gasteiger partial charge < -0.3 is 5.32 Å². The Morgan fingerprint density at radius 3 is 2.80 bits per heavy atom. The first kappa shape index (κ1) is 13.8. The lowest BCUT2D eigenvalue weighted by Gasteiger charge is -2.16. The third kappa shape index (κ3) is 3.71. The Morgan fingerprint density at radius 1 is 1.05 bits per heavy atom. The van der Waals surface area contributed by atoms with Crippen molar-refractivity contribution in [1.82, 2.24) is 5.32 Å². The van der Waals surface area contributed by atoms with Crippen LogP contribution in [0.1, 0.15) is 35.3 Å². The summed E-state index contributed by atoms with van der Waals surface area (Å²) in [6.45, 7) is 1.15. The molecule has 3 rings (SSSR count). The molecule has 0 aliphatic heterocycles. The Hall–Kier alpha value is -1.12. The molecule has 0 bridgehead atoms. The van der Waals surface area contributed by atoms with Crippen LogP contribution in [0.3, 0.4) is 0 Å². The van der Waals surface area contributed by atoms with E-state index in [4.69, 9.17) is 0 Å². The van der Waals surface area contributed by atoms with E-state index < -0.39 is 0 Å². The van der Waals surface area contributed by atoms with Crippen LogP contribution in [-0.2, 0) is 19.3 Å². The lowest BCUT2D eigenvalue weighted by Crippen LogP contribution is -2.30. The number of hydrogen-bond donors (Lipinski definition) is 1. The molecule has 0 radical (unpaired) electrons. The van der Waals surface area contributed by atoms with Crippen molar-refractivity contribution < 1.29 is 0 Å². The minimum Gasteiger partial charge on any atom is -0.314 e. The van der Waals surface area contributed by atoms with Crippen molar-refractivity contribution in [3.63, 3.8) is 0 Å². The summed E-state index contributed by atoms with van der Waals surface area (Å²) in [5.74, 6) is 0. The molecule has 1 N–H and O–H groups in total. The summed E-state index contributed by atoms with van der Waals surface area (Å²) in [5, 5.41) is 6.01. The molecule has 1 aliphatic carbocycles. The Balaban J connectivity index is 1.38. The van der Waals surface area contributed by atoms with Gasteiger partial charge in [0.15, 0.2) is 0 Å². The SMILES string of the molecule is c1ccc(CCCNC2CCc3ccsc3CC2)cc1. The standard InChI is InChI=1S/C18H23NS/c1-2-5-15(6-3-1)7-4-13-19-17-9-8-16-12-14-20-18(16)11-10-17/h1-3,5-6,12,14,17,19H,4,7-11,13H2.